The first-order chi connectivity index (χ1) is 10.9. The SMILES string of the molecule is C[C@@H](Cc1ccccc1Cl)C(=O)N1CCN(C(=O)N(C)C)CC1. The highest BCUT2D eigenvalue weighted by atomic mass is 35.5. The summed E-state index contributed by atoms with van der Waals surface area (Å²) in [6, 6.07) is 7.63. The van der Waals surface area contributed by atoms with E-state index >= 15 is 0 Å². The van der Waals surface area contributed by atoms with E-state index in [1.54, 1.807) is 23.9 Å². The molecule has 5 nitrogen and oxygen atoms in total. The monoisotopic (exact) mass is 337 g/mol. The summed E-state index contributed by atoms with van der Waals surface area (Å²) >= 11 is 6.17. The van der Waals surface area contributed by atoms with E-state index in [0.717, 1.165) is 5.56 Å². The Kier molecular flexibility index (Phi) is 5.88. The zero-order valence-corrected chi connectivity index (χ0v) is 14.7. The Hall–Kier alpha value is -1.75. The second-order valence-corrected chi connectivity index (χ2v) is 6.59. The second-order valence-electron chi connectivity index (χ2n) is 6.19. The van der Waals surface area contributed by atoms with Crippen molar-refractivity contribution >= 4 is 23.5 Å². The van der Waals surface area contributed by atoms with Crippen molar-refractivity contribution in [3.05, 3.63) is 34.9 Å². The quantitative estimate of drug-likeness (QED) is 0.849. The van der Waals surface area contributed by atoms with Crippen LogP contribution < -0.4 is 0 Å². The van der Waals surface area contributed by atoms with Crippen LogP contribution in [0.25, 0.3) is 0 Å². The van der Waals surface area contributed by atoms with Gasteiger partial charge in [-0.3, -0.25) is 4.79 Å². The van der Waals surface area contributed by atoms with Gasteiger partial charge in [0.25, 0.3) is 0 Å². The van der Waals surface area contributed by atoms with Crippen molar-refractivity contribution in [2.75, 3.05) is 40.3 Å². The summed E-state index contributed by atoms with van der Waals surface area (Å²) < 4.78 is 0. The van der Waals surface area contributed by atoms with Gasteiger partial charge in [0.2, 0.25) is 5.91 Å². The first-order valence-electron chi connectivity index (χ1n) is 7.88. The Balaban J connectivity index is 1.89. The van der Waals surface area contributed by atoms with E-state index in [0.29, 0.717) is 37.6 Å². The van der Waals surface area contributed by atoms with E-state index in [4.69, 9.17) is 11.6 Å². The molecule has 3 amide bonds. The van der Waals surface area contributed by atoms with Gasteiger partial charge >= 0.3 is 6.03 Å². The van der Waals surface area contributed by atoms with Crippen molar-refractivity contribution < 1.29 is 9.59 Å². The smallest absolute Gasteiger partial charge is 0.319 e. The zero-order valence-electron chi connectivity index (χ0n) is 14.0. The molecule has 1 aromatic rings. The zero-order chi connectivity index (χ0) is 17.0. The third kappa shape index (κ3) is 4.38. The Bertz CT molecular complexity index is 569. The number of rotatable bonds is 3. The highest BCUT2D eigenvalue weighted by Crippen LogP contribution is 2.20. The third-order valence-corrected chi connectivity index (χ3v) is 4.52. The maximum atomic E-state index is 12.6. The van der Waals surface area contributed by atoms with Gasteiger partial charge < -0.3 is 14.7 Å². The van der Waals surface area contributed by atoms with E-state index in [1.165, 1.54) is 0 Å². The molecule has 1 fully saturated rings. The topological polar surface area (TPSA) is 43.9 Å². The molecule has 0 radical (unpaired) electrons. The van der Waals surface area contributed by atoms with Crippen LogP contribution in [-0.2, 0) is 11.2 Å². The lowest BCUT2D eigenvalue weighted by molar-refractivity contribution is -0.136. The van der Waals surface area contributed by atoms with Crippen molar-refractivity contribution in [1.82, 2.24) is 14.7 Å². The van der Waals surface area contributed by atoms with Gasteiger partial charge in [0.1, 0.15) is 0 Å². The summed E-state index contributed by atoms with van der Waals surface area (Å²) in [4.78, 5) is 29.7. The van der Waals surface area contributed by atoms with Crippen molar-refractivity contribution in [1.29, 1.82) is 0 Å². The predicted octanol–water partition coefficient (Wildman–Crippen LogP) is 2.34. The maximum Gasteiger partial charge on any atom is 0.319 e. The molecule has 0 aromatic heterocycles. The van der Waals surface area contributed by atoms with Crippen LogP contribution >= 0.6 is 11.6 Å². The molecule has 23 heavy (non-hydrogen) atoms. The molecule has 126 valence electrons. The van der Waals surface area contributed by atoms with Gasteiger partial charge in [0.05, 0.1) is 0 Å². The molecule has 1 heterocycles. The lowest BCUT2D eigenvalue weighted by Gasteiger charge is -2.37. The summed E-state index contributed by atoms with van der Waals surface area (Å²) in [5.41, 5.74) is 0.997. The third-order valence-electron chi connectivity index (χ3n) is 4.15. The molecular weight excluding hydrogens is 314 g/mol. The molecule has 2 rings (SSSR count). The Morgan fingerprint density at radius 1 is 1.13 bits per heavy atom. The number of hydrogen-bond donors (Lipinski definition) is 0. The average molecular weight is 338 g/mol. The van der Waals surface area contributed by atoms with Gasteiger partial charge in [-0.25, -0.2) is 4.79 Å². The van der Waals surface area contributed by atoms with E-state index in [2.05, 4.69) is 0 Å². The minimum absolute atomic E-state index is 0.00112. The number of benzene rings is 1. The largest absolute Gasteiger partial charge is 0.339 e. The van der Waals surface area contributed by atoms with Gasteiger partial charge in [-0.2, -0.15) is 0 Å². The normalized spacial score (nSPS) is 16.2. The van der Waals surface area contributed by atoms with Crippen LogP contribution in [0.5, 0.6) is 0 Å². The molecule has 1 aromatic carbocycles. The fourth-order valence-corrected chi connectivity index (χ4v) is 3.01. The number of carbonyl (C=O) groups excluding carboxylic acids is 2. The van der Waals surface area contributed by atoms with Crippen molar-refractivity contribution in [2.45, 2.75) is 13.3 Å². The summed E-state index contributed by atoms with van der Waals surface area (Å²) in [5, 5.41) is 0.702. The Morgan fingerprint density at radius 3 is 2.26 bits per heavy atom. The van der Waals surface area contributed by atoms with Crippen LogP contribution in [0.15, 0.2) is 24.3 Å². The van der Waals surface area contributed by atoms with E-state index in [1.807, 2.05) is 36.1 Å². The van der Waals surface area contributed by atoms with Crippen molar-refractivity contribution in [2.24, 2.45) is 5.92 Å². The first-order valence-corrected chi connectivity index (χ1v) is 8.26. The predicted molar refractivity (Wildman–Crippen MR) is 91.6 cm³/mol. The first kappa shape index (κ1) is 17.6. The fourth-order valence-electron chi connectivity index (χ4n) is 2.79. The lowest BCUT2D eigenvalue weighted by atomic mass is 9.99. The number of halogens is 1. The second kappa shape index (κ2) is 7.68. The Morgan fingerprint density at radius 2 is 1.70 bits per heavy atom. The molecule has 1 atom stereocenters. The number of nitrogens with zero attached hydrogens (tertiary/aromatic N) is 3. The maximum absolute atomic E-state index is 12.6. The van der Waals surface area contributed by atoms with E-state index in [-0.39, 0.29) is 17.9 Å². The van der Waals surface area contributed by atoms with E-state index < -0.39 is 0 Å². The number of carbonyl (C=O) groups is 2. The molecule has 0 N–H and O–H groups in total. The molecule has 0 spiro atoms. The van der Waals surface area contributed by atoms with Gasteiger partial charge in [0.15, 0.2) is 0 Å². The van der Waals surface area contributed by atoms with Crippen LogP contribution in [0, 0.1) is 5.92 Å². The minimum atomic E-state index is -0.119. The van der Waals surface area contributed by atoms with Crippen LogP contribution in [0.2, 0.25) is 5.02 Å². The fraction of sp³-hybridized carbons (Fsp3) is 0.529. The standard InChI is InChI=1S/C17H24ClN3O2/c1-13(12-14-6-4-5-7-15(14)18)16(22)20-8-10-21(11-9-20)17(23)19(2)3/h4-7,13H,8-12H2,1-3H3/t13-/m0/s1. The molecule has 6 heteroatoms. The Labute approximate surface area is 142 Å². The summed E-state index contributed by atoms with van der Waals surface area (Å²) in [5.74, 6) is 0.00729. The average Bonchev–Trinajstić information content (AvgIpc) is 2.55. The summed E-state index contributed by atoms with van der Waals surface area (Å²) in [6.07, 6.45) is 0.634. The number of piperazine rings is 1. The highest BCUT2D eigenvalue weighted by Gasteiger charge is 2.27. The summed E-state index contributed by atoms with van der Waals surface area (Å²) in [7, 11) is 3.48. The minimum Gasteiger partial charge on any atom is -0.339 e. The van der Waals surface area contributed by atoms with Crippen molar-refractivity contribution in [3.63, 3.8) is 0 Å². The molecule has 0 bridgehead atoms. The molecule has 0 unspecified atom stereocenters. The number of hydrogen-bond acceptors (Lipinski definition) is 2. The lowest BCUT2D eigenvalue weighted by Crippen LogP contribution is -2.53. The van der Waals surface area contributed by atoms with Crippen LogP contribution in [-0.4, -0.2) is 66.9 Å². The van der Waals surface area contributed by atoms with Crippen LogP contribution in [0.4, 0.5) is 4.79 Å². The molecule has 1 aliphatic rings. The number of amides is 3. The van der Waals surface area contributed by atoms with Crippen LogP contribution in [0.3, 0.4) is 0 Å². The van der Waals surface area contributed by atoms with Crippen molar-refractivity contribution in [3.8, 4) is 0 Å². The summed E-state index contributed by atoms with van der Waals surface area (Å²) in [6.45, 7) is 4.28. The molecule has 0 aliphatic carbocycles. The van der Waals surface area contributed by atoms with Gasteiger partial charge in [-0.05, 0) is 18.1 Å². The van der Waals surface area contributed by atoms with E-state index in [9.17, 15) is 9.59 Å². The molecular formula is C17H24ClN3O2. The highest BCUT2D eigenvalue weighted by molar-refractivity contribution is 6.31. The van der Waals surface area contributed by atoms with Gasteiger partial charge in [-0.15, -0.1) is 0 Å². The molecule has 1 aliphatic heterocycles. The van der Waals surface area contributed by atoms with Gasteiger partial charge in [-0.1, -0.05) is 36.7 Å². The van der Waals surface area contributed by atoms with Crippen LogP contribution in [0.1, 0.15) is 12.5 Å². The number of urea groups is 1. The van der Waals surface area contributed by atoms with Gasteiger partial charge in [0, 0.05) is 51.2 Å². The molecule has 0 saturated carbocycles. The molecule has 1 saturated heterocycles.